The molecule has 1 aromatic rings. The van der Waals surface area contributed by atoms with Crippen molar-refractivity contribution in [1.29, 1.82) is 0 Å². The molecule has 0 radical (unpaired) electrons. The molecule has 1 aromatic heterocycles. The normalized spacial score (nSPS) is 18.6. The molecule has 1 aliphatic carbocycles. The maximum atomic E-state index is 11.0. The van der Waals surface area contributed by atoms with E-state index in [4.69, 9.17) is 5.11 Å². The lowest BCUT2D eigenvalue weighted by atomic mass is 10.0. The van der Waals surface area contributed by atoms with Gasteiger partial charge in [-0.15, -0.1) is 0 Å². The molecule has 13 heavy (non-hydrogen) atoms. The Morgan fingerprint density at radius 3 is 2.62 bits per heavy atom. The van der Waals surface area contributed by atoms with Gasteiger partial charge in [-0.25, -0.2) is 0 Å². The van der Waals surface area contributed by atoms with Crippen molar-refractivity contribution >= 4 is 5.97 Å². The number of aromatic nitrogens is 2. The van der Waals surface area contributed by atoms with Gasteiger partial charge in [-0.05, 0) is 25.8 Å². The summed E-state index contributed by atoms with van der Waals surface area (Å²) in [6.45, 7) is 1.88. The van der Waals surface area contributed by atoms with Crippen LogP contribution < -0.4 is 0 Å². The molecule has 4 heteroatoms. The minimum absolute atomic E-state index is 0.629. The lowest BCUT2D eigenvalue weighted by molar-refractivity contribution is -0.140. The Morgan fingerprint density at radius 2 is 2.31 bits per heavy atom. The van der Waals surface area contributed by atoms with Crippen LogP contribution in [-0.4, -0.2) is 20.9 Å². The second-order valence-corrected chi connectivity index (χ2v) is 3.68. The van der Waals surface area contributed by atoms with E-state index in [1.165, 1.54) is 0 Å². The summed E-state index contributed by atoms with van der Waals surface area (Å²) in [5, 5.41) is 13.2. The van der Waals surface area contributed by atoms with Gasteiger partial charge in [-0.1, -0.05) is 0 Å². The third-order valence-corrected chi connectivity index (χ3v) is 2.65. The van der Waals surface area contributed by atoms with E-state index in [1.54, 1.807) is 11.7 Å². The number of aryl methyl sites for hydroxylation is 2. The van der Waals surface area contributed by atoms with Crippen LogP contribution in [0.4, 0.5) is 0 Å². The Kier molecular flexibility index (Phi) is 1.49. The highest BCUT2D eigenvalue weighted by atomic mass is 16.4. The predicted octanol–water partition coefficient (Wildman–Crippen LogP) is 0.845. The number of hydrogen-bond acceptors (Lipinski definition) is 2. The summed E-state index contributed by atoms with van der Waals surface area (Å²) in [7, 11) is 1.80. The van der Waals surface area contributed by atoms with Gasteiger partial charge in [0.05, 0.1) is 11.4 Å². The van der Waals surface area contributed by atoms with E-state index in [-0.39, 0.29) is 0 Å². The lowest BCUT2D eigenvalue weighted by Crippen LogP contribution is -2.22. The molecule has 70 valence electrons. The van der Waals surface area contributed by atoms with Gasteiger partial charge >= 0.3 is 5.97 Å². The van der Waals surface area contributed by atoms with E-state index >= 15 is 0 Å². The Balaban J connectivity index is 2.46. The van der Waals surface area contributed by atoms with E-state index in [2.05, 4.69) is 5.10 Å². The van der Waals surface area contributed by atoms with E-state index in [0.717, 1.165) is 24.2 Å². The molecule has 1 saturated carbocycles. The molecule has 0 aliphatic heterocycles. The topological polar surface area (TPSA) is 55.1 Å². The summed E-state index contributed by atoms with van der Waals surface area (Å²) in [6.07, 6.45) is 1.47. The number of carboxylic acid groups (broad SMARTS) is 1. The van der Waals surface area contributed by atoms with Crippen LogP contribution in [0.1, 0.15) is 24.2 Å². The number of hydrogen-bond donors (Lipinski definition) is 1. The van der Waals surface area contributed by atoms with Gasteiger partial charge in [-0.3, -0.25) is 9.48 Å². The molecular formula is C9H12N2O2. The fourth-order valence-corrected chi connectivity index (χ4v) is 1.76. The first-order valence-electron chi connectivity index (χ1n) is 4.31. The summed E-state index contributed by atoms with van der Waals surface area (Å²) in [5.41, 5.74) is 1.08. The third kappa shape index (κ3) is 1.05. The molecule has 4 nitrogen and oxygen atoms in total. The molecule has 1 fully saturated rings. The van der Waals surface area contributed by atoms with Crippen molar-refractivity contribution in [3.63, 3.8) is 0 Å². The van der Waals surface area contributed by atoms with Gasteiger partial charge in [0.25, 0.3) is 0 Å². The van der Waals surface area contributed by atoms with Crippen LogP contribution in [0, 0.1) is 6.92 Å². The Hall–Kier alpha value is -1.32. The van der Waals surface area contributed by atoms with Crippen LogP contribution in [0.3, 0.4) is 0 Å². The monoisotopic (exact) mass is 180 g/mol. The summed E-state index contributed by atoms with van der Waals surface area (Å²) in [6, 6.07) is 1.86. The maximum Gasteiger partial charge on any atom is 0.315 e. The molecule has 0 atom stereocenters. The molecule has 1 N–H and O–H groups in total. The first kappa shape index (κ1) is 8.29. The zero-order chi connectivity index (χ0) is 9.64. The zero-order valence-electron chi connectivity index (χ0n) is 7.74. The summed E-state index contributed by atoms with van der Waals surface area (Å²) >= 11 is 0. The van der Waals surface area contributed by atoms with Crippen molar-refractivity contribution in [2.45, 2.75) is 25.2 Å². The molecule has 0 spiro atoms. The smallest absolute Gasteiger partial charge is 0.315 e. The van der Waals surface area contributed by atoms with Crippen molar-refractivity contribution in [2.75, 3.05) is 0 Å². The first-order chi connectivity index (χ1) is 6.06. The largest absolute Gasteiger partial charge is 0.481 e. The fraction of sp³-hybridized carbons (Fsp3) is 0.556. The molecule has 0 saturated heterocycles. The van der Waals surface area contributed by atoms with Crippen LogP contribution >= 0.6 is 0 Å². The molecule has 1 heterocycles. The first-order valence-corrected chi connectivity index (χ1v) is 4.31. The van der Waals surface area contributed by atoms with E-state index in [9.17, 15) is 4.79 Å². The Bertz CT molecular complexity index is 364. The number of nitrogens with zero attached hydrogens (tertiary/aromatic N) is 2. The highest BCUT2D eigenvalue weighted by Crippen LogP contribution is 2.48. The standard InChI is InChI=1S/C9H12N2O2/c1-6-5-7(11(2)10-6)9(3-4-9)8(12)13/h5H,3-4H2,1-2H3,(H,12,13). The van der Waals surface area contributed by atoms with Crippen LogP contribution in [0.5, 0.6) is 0 Å². The van der Waals surface area contributed by atoms with Gasteiger partial charge in [0.2, 0.25) is 0 Å². The van der Waals surface area contributed by atoms with Gasteiger partial charge in [0, 0.05) is 7.05 Å². The van der Waals surface area contributed by atoms with Crippen molar-refractivity contribution in [1.82, 2.24) is 9.78 Å². The van der Waals surface area contributed by atoms with Crippen molar-refractivity contribution < 1.29 is 9.90 Å². The highest BCUT2D eigenvalue weighted by Gasteiger charge is 2.53. The van der Waals surface area contributed by atoms with Gasteiger partial charge in [-0.2, -0.15) is 5.10 Å². The fourth-order valence-electron chi connectivity index (χ4n) is 1.76. The molecular weight excluding hydrogens is 168 g/mol. The minimum Gasteiger partial charge on any atom is -0.481 e. The zero-order valence-corrected chi connectivity index (χ0v) is 7.74. The molecule has 0 amide bonds. The second-order valence-electron chi connectivity index (χ2n) is 3.68. The number of rotatable bonds is 2. The SMILES string of the molecule is Cc1cc(C2(C(=O)O)CC2)n(C)n1. The maximum absolute atomic E-state index is 11.0. The van der Waals surface area contributed by atoms with Crippen molar-refractivity contribution in [2.24, 2.45) is 7.05 Å². The van der Waals surface area contributed by atoms with Crippen LogP contribution in [0.15, 0.2) is 6.07 Å². The summed E-state index contributed by atoms with van der Waals surface area (Å²) in [5.74, 6) is -0.726. The number of carbonyl (C=O) groups is 1. The number of aliphatic carboxylic acids is 1. The van der Waals surface area contributed by atoms with Crippen LogP contribution in [0.2, 0.25) is 0 Å². The minimum atomic E-state index is -0.726. The Labute approximate surface area is 76.2 Å². The van der Waals surface area contributed by atoms with Gasteiger partial charge in [0.1, 0.15) is 5.41 Å². The van der Waals surface area contributed by atoms with Gasteiger partial charge < -0.3 is 5.11 Å². The van der Waals surface area contributed by atoms with E-state index in [1.807, 2.05) is 13.0 Å². The molecule has 0 aromatic carbocycles. The van der Waals surface area contributed by atoms with Crippen molar-refractivity contribution in [3.8, 4) is 0 Å². The third-order valence-electron chi connectivity index (χ3n) is 2.65. The highest BCUT2D eigenvalue weighted by molar-refractivity contribution is 5.84. The summed E-state index contributed by atoms with van der Waals surface area (Å²) in [4.78, 5) is 11.0. The van der Waals surface area contributed by atoms with E-state index in [0.29, 0.717) is 0 Å². The van der Waals surface area contributed by atoms with E-state index < -0.39 is 11.4 Å². The van der Waals surface area contributed by atoms with Crippen LogP contribution in [0.25, 0.3) is 0 Å². The average molecular weight is 180 g/mol. The second kappa shape index (κ2) is 2.34. The molecule has 0 unspecified atom stereocenters. The van der Waals surface area contributed by atoms with Gasteiger partial charge in [0.15, 0.2) is 0 Å². The molecule has 1 aliphatic rings. The van der Waals surface area contributed by atoms with Crippen LogP contribution in [-0.2, 0) is 17.3 Å². The Morgan fingerprint density at radius 1 is 1.69 bits per heavy atom. The number of carboxylic acids is 1. The average Bonchev–Trinajstić information content (AvgIpc) is 2.75. The molecule has 2 rings (SSSR count). The lowest BCUT2D eigenvalue weighted by Gasteiger charge is -2.08. The van der Waals surface area contributed by atoms with Crippen molar-refractivity contribution in [3.05, 3.63) is 17.5 Å². The molecule has 0 bridgehead atoms. The predicted molar refractivity (Wildman–Crippen MR) is 46.5 cm³/mol. The summed E-state index contributed by atoms with van der Waals surface area (Å²) < 4.78 is 1.68. The quantitative estimate of drug-likeness (QED) is 0.733.